The SMILES string of the molecule is Cc1cc(-c2nc(-c3ccccc3)nc(-c3cc(C)c4sc5ccccc5c4c3-n3c4ccccc4c4ccccc43)n2)c(-n2c3ccccc3c3ccccc32)c2c1sc1ccccc12. The van der Waals surface area contributed by atoms with Gasteiger partial charge in [0.2, 0.25) is 0 Å². The Kier molecular flexibility index (Phi) is 8.09. The summed E-state index contributed by atoms with van der Waals surface area (Å²) >= 11 is 3.71. The number of hydrogen-bond acceptors (Lipinski definition) is 5. The van der Waals surface area contributed by atoms with Crippen LogP contribution in [-0.4, -0.2) is 24.1 Å². The van der Waals surface area contributed by atoms with Gasteiger partial charge in [-0.1, -0.05) is 140 Å². The second kappa shape index (κ2) is 14.3. The molecule has 0 aliphatic heterocycles. The summed E-state index contributed by atoms with van der Waals surface area (Å²) in [6, 6.07) is 67.7. The van der Waals surface area contributed by atoms with Crippen LogP contribution in [0.15, 0.2) is 188 Å². The molecule has 0 aliphatic rings. The van der Waals surface area contributed by atoms with Crippen molar-refractivity contribution in [3.63, 3.8) is 0 Å². The van der Waals surface area contributed by atoms with Crippen LogP contribution in [-0.2, 0) is 0 Å². The van der Waals surface area contributed by atoms with E-state index < -0.39 is 0 Å². The zero-order valence-corrected chi connectivity index (χ0v) is 37.6. The lowest BCUT2D eigenvalue weighted by atomic mass is 10.00. The third kappa shape index (κ3) is 5.35. The number of nitrogens with zero attached hydrogens (tertiary/aromatic N) is 5. The Hall–Kier alpha value is -7.97. The maximum atomic E-state index is 5.74. The van der Waals surface area contributed by atoms with Crippen molar-refractivity contribution >= 4 is 107 Å². The van der Waals surface area contributed by atoms with E-state index in [4.69, 9.17) is 15.0 Å². The van der Waals surface area contributed by atoms with Gasteiger partial charge in [-0.25, -0.2) is 15.0 Å². The molecule has 0 bridgehead atoms. The van der Waals surface area contributed by atoms with Gasteiger partial charge in [-0.2, -0.15) is 0 Å². The highest BCUT2D eigenvalue weighted by molar-refractivity contribution is 7.26. The van der Waals surface area contributed by atoms with Crippen LogP contribution in [0, 0.1) is 13.8 Å². The van der Waals surface area contributed by atoms with Crippen LogP contribution in [0.1, 0.15) is 11.1 Å². The van der Waals surface area contributed by atoms with Gasteiger partial charge < -0.3 is 9.13 Å². The molecular weight excluding hydrogens is 843 g/mol. The zero-order chi connectivity index (χ0) is 43.6. The van der Waals surface area contributed by atoms with Crippen LogP contribution in [0.4, 0.5) is 0 Å². The van der Waals surface area contributed by atoms with E-state index in [1.807, 2.05) is 28.7 Å². The van der Waals surface area contributed by atoms with Crippen LogP contribution in [0.3, 0.4) is 0 Å². The van der Waals surface area contributed by atoms with Gasteiger partial charge in [-0.05, 0) is 73.5 Å². The molecule has 310 valence electrons. The Labute approximate surface area is 387 Å². The molecule has 66 heavy (non-hydrogen) atoms. The lowest BCUT2D eigenvalue weighted by molar-refractivity contribution is 1.06. The van der Waals surface area contributed by atoms with E-state index in [0.717, 1.165) is 50.1 Å². The molecule has 0 atom stereocenters. The molecule has 0 unspecified atom stereocenters. The minimum atomic E-state index is 0.622. The first-order valence-corrected chi connectivity index (χ1v) is 23.9. The highest BCUT2D eigenvalue weighted by Gasteiger charge is 2.28. The van der Waals surface area contributed by atoms with E-state index in [-0.39, 0.29) is 0 Å². The first-order valence-electron chi connectivity index (χ1n) is 22.3. The maximum absolute atomic E-state index is 5.74. The average Bonchev–Trinajstić information content (AvgIpc) is 4.13. The van der Waals surface area contributed by atoms with Crippen LogP contribution in [0.2, 0.25) is 0 Å². The normalized spacial score (nSPS) is 12.1. The topological polar surface area (TPSA) is 48.5 Å². The molecule has 0 radical (unpaired) electrons. The predicted molar refractivity (Wildman–Crippen MR) is 280 cm³/mol. The summed E-state index contributed by atoms with van der Waals surface area (Å²) in [7, 11) is 0. The van der Waals surface area contributed by atoms with Crippen molar-refractivity contribution in [1.82, 2.24) is 24.1 Å². The molecule has 9 aromatic carbocycles. The predicted octanol–water partition coefficient (Wildman–Crippen LogP) is 16.4. The number of fused-ring (bicyclic) bond motifs is 12. The molecule has 14 rings (SSSR count). The molecule has 0 aliphatic carbocycles. The van der Waals surface area contributed by atoms with Gasteiger partial charge in [0.05, 0.1) is 33.4 Å². The lowest BCUT2D eigenvalue weighted by Crippen LogP contribution is -2.06. The van der Waals surface area contributed by atoms with Crippen molar-refractivity contribution in [3.8, 4) is 45.5 Å². The van der Waals surface area contributed by atoms with Crippen molar-refractivity contribution in [2.45, 2.75) is 13.8 Å². The van der Waals surface area contributed by atoms with E-state index in [2.05, 4.69) is 205 Å². The van der Waals surface area contributed by atoms with E-state index >= 15 is 0 Å². The van der Waals surface area contributed by atoms with Crippen molar-refractivity contribution in [3.05, 3.63) is 199 Å². The van der Waals surface area contributed by atoms with Crippen LogP contribution in [0.5, 0.6) is 0 Å². The van der Waals surface area contributed by atoms with Gasteiger partial charge in [0, 0.05) is 78.6 Å². The number of benzene rings is 9. The molecule has 5 nitrogen and oxygen atoms in total. The Morgan fingerprint density at radius 2 is 0.682 bits per heavy atom. The molecule has 14 aromatic rings. The Balaban J connectivity index is 1.16. The number of rotatable bonds is 5. The molecule has 0 amide bonds. The van der Waals surface area contributed by atoms with Crippen molar-refractivity contribution < 1.29 is 0 Å². The number of para-hydroxylation sites is 4. The Bertz CT molecular complexity index is 3960. The van der Waals surface area contributed by atoms with Gasteiger partial charge >= 0.3 is 0 Å². The van der Waals surface area contributed by atoms with Gasteiger partial charge in [0.1, 0.15) is 0 Å². The fourth-order valence-corrected chi connectivity index (χ4v) is 12.9. The van der Waals surface area contributed by atoms with Gasteiger partial charge in [-0.15, -0.1) is 22.7 Å². The fraction of sp³-hybridized carbons (Fsp3) is 0.0339. The molecule has 5 heterocycles. The van der Waals surface area contributed by atoms with Gasteiger partial charge in [-0.3, -0.25) is 0 Å². The molecule has 0 spiro atoms. The first-order chi connectivity index (χ1) is 32.6. The minimum absolute atomic E-state index is 0.622. The molecule has 7 heteroatoms. The fourth-order valence-electron chi connectivity index (χ4n) is 10.6. The van der Waals surface area contributed by atoms with E-state index in [0.29, 0.717) is 17.5 Å². The van der Waals surface area contributed by atoms with Crippen LogP contribution >= 0.6 is 22.7 Å². The van der Waals surface area contributed by atoms with E-state index in [1.165, 1.54) is 73.0 Å². The Morgan fingerprint density at radius 3 is 1.09 bits per heavy atom. The summed E-state index contributed by atoms with van der Waals surface area (Å²) in [5.41, 5.74) is 11.9. The summed E-state index contributed by atoms with van der Waals surface area (Å²) in [5.74, 6) is 1.87. The number of thiophene rings is 2. The van der Waals surface area contributed by atoms with Crippen molar-refractivity contribution in [2.75, 3.05) is 0 Å². The van der Waals surface area contributed by atoms with Crippen molar-refractivity contribution in [1.29, 1.82) is 0 Å². The molecule has 0 N–H and O–H groups in total. The number of aromatic nitrogens is 5. The number of aryl methyl sites for hydroxylation is 2. The maximum Gasteiger partial charge on any atom is 0.166 e. The second-order valence-electron chi connectivity index (χ2n) is 17.2. The summed E-state index contributed by atoms with van der Waals surface area (Å²) in [6.07, 6.45) is 0. The second-order valence-corrected chi connectivity index (χ2v) is 19.3. The largest absolute Gasteiger partial charge is 0.308 e. The average molecular weight is 880 g/mol. The Morgan fingerprint density at radius 1 is 0.348 bits per heavy atom. The molecule has 5 aromatic heterocycles. The third-order valence-electron chi connectivity index (χ3n) is 13.4. The first kappa shape index (κ1) is 37.4. The third-order valence-corrected chi connectivity index (χ3v) is 16.0. The highest BCUT2D eigenvalue weighted by Crippen LogP contribution is 2.49. The molecule has 0 saturated heterocycles. The van der Waals surface area contributed by atoms with Gasteiger partial charge in [0.15, 0.2) is 17.5 Å². The molecule has 0 saturated carbocycles. The number of hydrogen-bond donors (Lipinski definition) is 0. The summed E-state index contributed by atoms with van der Waals surface area (Å²) in [4.78, 5) is 16.8. The summed E-state index contributed by atoms with van der Waals surface area (Å²) in [6.45, 7) is 4.47. The van der Waals surface area contributed by atoms with Gasteiger partial charge in [0.25, 0.3) is 0 Å². The quantitative estimate of drug-likeness (QED) is 0.173. The van der Waals surface area contributed by atoms with E-state index in [9.17, 15) is 0 Å². The van der Waals surface area contributed by atoms with Crippen LogP contribution in [0.25, 0.3) is 129 Å². The smallest absolute Gasteiger partial charge is 0.166 e. The summed E-state index contributed by atoms with van der Waals surface area (Å²) < 4.78 is 9.94. The zero-order valence-electron chi connectivity index (χ0n) is 36.0. The van der Waals surface area contributed by atoms with Crippen LogP contribution < -0.4 is 0 Å². The minimum Gasteiger partial charge on any atom is -0.308 e. The molecular formula is C59H37N5S2. The molecule has 0 fully saturated rings. The standard InChI is InChI=1S/C59H37N5S2/c1-34-32-43(53(51-41-24-10-16-30-49(41)65-55(34)51)63-45-26-12-6-20-37(45)38-21-7-13-27-46(38)63)58-60-57(36-18-4-3-5-19-36)61-59(62-58)44-33-35(2)56-52(42-25-11-17-31-50(42)66-56)54(44)64-47-28-14-8-22-39(47)40-23-9-15-29-48(40)64/h3-33H,1-2H3. The van der Waals surface area contributed by atoms with Crippen molar-refractivity contribution in [2.24, 2.45) is 0 Å². The highest BCUT2D eigenvalue weighted by atomic mass is 32.1. The lowest BCUT2D eigenvalue weighted by Gasteiger charge is -2.19. The summed E-state index contributed by atoms with van der Waals surface area (Å²) in [5, 5.41) is 9.66. The monoisotopic (exact) mass is 879 g/mol. The van der Waals surface area contributed by atoms with E-state index in [1.54, 1.807) is 0 Å².